The number of rotatable bonds is 6. The van der Waals surface area contributed by atoms with Crippen LogP contribution >= 0.6 is 11.8 Å². The summed E-state index contributed by atoms with van der Waals surface area (Å²) >= 11 is 1.63. The summed E-state index contributed by atoms with van der Waals surface area (Å²) in [7, 11) is 0. The van der Waals surface area contributed by atoms with E-state index in [2.05, 4.69) is 34.7 Å². The molecule has 1 saturated heterocycles. The van der Waals surface area contributed by atoms with Crippen LogP contribution in [0.4, 0.5) is 4.39 Å². The molecule has 1 fully saturated rings. The van der Waals surface area contributed by atoms with Crippen molar-refractivity contribution in [1.82, 2.24) is 9.47 Å². The highest BCUT2D eigenvalue weighted by molar-refractivity contribution is 8.00. The van der Waals surface area contributed by atoms with Crippen molar-refractivity contribution in [3.05, 3.63) is 66.1 Å². The molecule has 1 aromatic heterocycles. The van der Waals surface area contributed by atoms with E-state index in [1.54, 1.807) is 11.8 Å². The topological polar surface area (TPSA) is 25.2 Å². The van der Waals surface area contributed by atoms with E-state index in [4.69, 9.17) is 0 Å². The van der Waals surface area contributed by atoms with Gasteiger partial charge in [0.15, 0.2) is 0 Å². The summed E-state index contributed by atoms with van der Waals surface area (Å²) in [5.74, 6) is 0.502. The van der Waals surface area contributed by atoms with Gasteiger partial charge in [0.2, 0.25) is 5.91 Å². The van der Waals surface area contributed by atoms with Gasteiger partial charge >= 0.3 is 0 Å². The van der Waals surface area contributed by atoms with Crippen LogP contribution in [0.2, 0.25) is 0 Å². The van der Waals surface area contributed by atoms with Crippen LogP contribution in [0.3, 0.4) is 0 Å². The zero-order chi connectivity index (χ0) is 20.2. The summed E-state index contributed by atoms with van der Waals surface area (Å²) in [5.41, 5.74) is 2.19. The summed E-state index contributed by atoms with van der Waals surface area (Å²) in [6.07, 6.45) is 6.63. The molecule has 0 radical (unpaired) electrons. The van der Waals surface area contributed by atoms with Gasteiger partial charge in [-0.05, 0) is 49.4 Å². The summed E-state index contributed by atoms with van der Waals surface area (Å²) < 4.78 is 15.4. The number of carbonyl (C=O) groups excluding carboxylic acids is 1. The molecule has 1 amide bonds. The van der Waals surface area contributed by atoms with Crippen LogP contribution in [0.25, 0.3) is 10.9 Å². The van der Waals surface area contributed by atoms with E-state index >= 15 is 0 Å². The first-order chi connectivity index (χ1) is 14.2. The Bertz CT molecular complexity index is 982. The summed E-state index contributed by atoms with van der Waals surface area (Å²) in [5, 5.41) is 1.16. The normalized spacial score (nSPS) is 17.0. The maximum Gasteiger partial charge on any atom is 0.233 e. The van der Waals surface area contributed by atoms with Gasteiger partial charge in [-0.2, -0.15) is 0 Å². The minimum absolute atomic E-state index is 0.219. The van der Waals surface area contributed by atoms with Gasteiger partial charge < -0.3 is 9.47 Å². The van der Waals surface area contributed by atoms with Gasteiger partial charge in [0.25, 0.3) is 0 Å². The number of carbonyl (C=O) groups is 1. The number of hydrogen-bond donors (Lipinski definition) is 0. The van der Waals surface area contributed by atoms with Crippen molar-refractivity contribution in [2.24, 2.45) is 0 Å². The first kappa shape index (κ1) is 20.0. The van der Waals surface area contributed by atoms with E-state index in [1.165, 1.54) is 18.6 Å². The van der Waals surface area contributed by atoms with Crippen LogP contribution in [0, 0.1) is 5.82 Å². The van der Waals surface area contributed by atoms with Gasteiger partial charge in [0.1, 0.15) is 5.82 Å². The van der Waals surface area contributed by atoms with Crippen molar-refractivity contribution in [2.75, 3.05) is 12.3 Å². The highest BCUT2D eigenvalue weighted by Gasteiger charge is 2.25. The largest absolute Gasteiger partial charge is 0.342 e. The number of nitrogens with zero attached hydrogens (tertiary/aromatic N) is 2. The van der Waals surface area contributed by atoms with E-state index < -0.39 is 0 Å². The SMILES string of the molecule is CCC1CCCCN1C(=O)CSc1cn(Cc2ccc(F)cc2)c2ccccc12. The Labute approximate surface area is 175 Å². The lowest BCUT2D eigenvalue weighted by molar-refractivity contribution is -0.132. The Morgan fingerprint density at radius 3 is 2.72 bits per heavy atom. The first-order valence-electron chi connectivity index (χ1n) is 10.4. The van der Waals surface area contributed by atoms with Crippen LogP contribution in [0.5, 0.6) is 0 Å². The van der Waals surface area contributed by atoms with Gasteiger partial charge in [-0.15, -0.1) is 11.8 Å². The van der Waals surface area contributed by atoms with E-state index in [0.29, 0.717) is 18.3 Å². The molecule has 5 heteroatoms. The molecule has 2 aromatic carbocycles. The molecule has 0 spiro atoms. The second-order valence-corrected chi connectivity index (χ2v) is 8.72. The molecule has 0 bridgehead atoms. The minimum atomic E-state index is -0.219. The molecule has 1 atom stereocenters. The number of benzene rings is 2. The Morgan fingerprint density at radius 2 is 1.93 bits per heavy atom. The highest BCUT2D eigenvalue weighted by Crippen LogP contribution is 2.31. The molecule has 0 N–H and O–H groups in total. The van der Waals surface area contributed by atoms with Gasteiger partial charge in [0, 0.05) is 41.1 Å². The predicted octanol–water partition coefficient (Wildman–Crippen LogP) is 5.71. The van der Waals surface area contributed by atoms with E-state index in [0.717, 1.165) is 47.2 Å². The fraction of sp³-hybridized carbons (Fsp3) is 0.375. The van der Waals surface area contributed by atoms with Crippen molar-refractivity contribution in [1.29, 1.82) is 0 Å². The fourth-order valence-corrected chi connectivity index (χ4v) is 5.20. The molecule has 152 valence electrons. The molecule has 1 aliphatic rings. The maximum atomic E-state index is 13.2. The van der Waals surface area contributed by atoms with Crippen LogP contribution in [-0.4, -0.2) is 33.7 Å². The molecule has 1 unspecified atom stereocenters. The number of piperidine rings is 1. The lowest BCUT2D eigenvalue weighted by atomic mass is 10.0. The molecule has 1 aliphatic heterocycles. The minimum Gasteiger partial charge on any atom is -0.342 e. The summed E-state index contributed by atoms with van der Waals surface area (Å²) in [6.45, 7) is 3.75. The smallest absolute Gasteiger partial charge is 0.233 e. The van der Waals surface area contributed by atoms with Gasteiger partial charge in [-0.1, -0.05) is 37.3 Å². The number of thioether (sulfide) groups is 1. The van der Waals surface area contributed by atoms with Crippen molar-refractivity contribution >= 4 is 28.6 Å². The average Bonchev–Trinajstić information content (AvgIpc) is 3.11. The molecule has 3 aromatic rings. The monoisotopic (exact) mass is 410 g/mol. The number of fused-ring (bicyclic) bond motifs is 1. The zero-order valence-corrected chi connectivity index (χ0v) is 17.6. The first-order valence-corrected chi connectivity index (χ1v) is 11.4. The molecule has 3 nitrogen and oxygen atoms in total. The Hall–Kier alpha value is -2.27. The van der Waals surface area contributed by atoms with Gasteiger partial charge in [0.05, 0.1) is 5.75 Å². The van der Waals surface area contributed by atoms with Crippen molar-refractivity contribution in [3.63, 3.8) is 0 Å². The van der Waals surface area contributed by atoms with Crippen LogP contribution < -0.4 is 0 Å². The highest BCUT2D eigenvalue weighted by atomic mass is 32.2. The third-order valence-corrected chi connectivity index (χ3v) is 6.82. The molecular weight excluding hydrogens is 383 g/mol. The second-order valence-electron chi connectivity index (χ2n) is 7.70. The van der Waals surface area contributed by atoms with Gasteiger partial charge in [-0.3, -0.25) is 4.79 Å². The lowest BCUT2D eigenvalue weighted by Crippen LogP contribution is -2.44. The number of halogens is 1. The van der Waals surface area contributed by atoms with E-state index in [9.17, 15) is 9.18 Å². The second kappa shape index (κ2) is 9.04. The van der Waals surface area contributed by atoms with Crippen LogP contribution in [-0.2, 0) is 11.3 Å². The summed E-state index contributed by atoms with van der Waals surface area (Å²) in [4.78, 5) is 16.1. The summed E-state index contributed by atoms with van der Waals surface area (Å²) in [6, 6.07) is 15.3. The van der Waals surface area contributed by atoms with Crippen LogP contribution in [0.1, 0.15) is 38.2 Å². The molecule has 29 heavy (non-hydrogen) atoms. The van der Waals surface area contributed by atoms with E-state index in [-0.39, 0.29) is 11.7 Å². The van der Waals surface area contributed by atoms with Crippen molar-refractivity contribution in [2.45, 2.75) is 50.1 Å². The van der Waals surface area contributed by atoms with Crippen molar-refractivity contribution in [3.8, 4) is 0 Å². The fourth-order valence-electron chi connectivity index (χ4n) is 4.22. The number of aromatic nitrogens is 1. The third kappa shape index (κ3) is 4.50. The molecule has 4 rings (SSSR count). The molecular formula is C24H27FN2OS. The van der Waals surface area contributed by atoms with Crippen LogP contribution in [0.15, 0.2) is 59.6 Å². The maximum absolute atomic E-state index is 13.2. The Morgan fingerprint density at radius 1 is 1.14 bits per heavy atom. The lowest BCUT2D eigenvalue weighted by Gasteiger charge is -2.35. The molecule has 0 aliphatic carbocycles. The number of likely N-dealkylation sites (tertiary alicyclic amines) is 1. The molecule has 2 heterocycles. The predicted molar refractivity (Wildman–Crippen MR) is 118 cm³/mol. The number of hydrogen-bond acceptors (Lipinski definition) is 2. The third-order valence-electron chi connectivity index (χ3n) is 5.79. The zero-order valence-electron chi connectivity index (χ0n) is 16.8. The average molecular weight is 411 g/mol. The quantitative estimate of drug-likeness (QED) is 0.486. The standard InChI is InChI=1S/C24H27FN2OS/c1-2-20-7-5-6-14-27(20)24(28)17-29-23-16-26(22-9-4-3-8-21(22)23)15-18-10-12-19(25)13-11-18/h3-4,8-13,16,20H,2,5-7,14-15,17H2,1H3. The Kier molecular flexibility index (Phi) is 6.24. The Balaban J connectivity index is 1.51. The number of amides is 1. The van der Waals surface area contributed by atoms with Gasteiger partial charge in [-0.25, -0.2) is 4.39 Å². The number of para-hydroxylation sites is 1. The van der Waals surface area contributed by atoms with E-state index in [1.807, 2.05) is 24.3 Å². The molecule has 0 saturated carbocycles. The van der Waals surface area contributed by atoms with Crippen molar-refractivity contribution < 1.29 is 9.18 Å².